The molecular formula is C13H21N3OS. The smallest absolute Gasteiger partial charge is 0.190 e. The molecule has 2 rings (SSSR count). The van der Waals surface area contributed by atoms with Crippen LogP contribution in [-0.2, 0) is 4.74 Å². The number of hydrogen-bond donors (Lipinski definition) is 0. The van der Waals surface area contributed by atoms with E-state index in [4.69, 9.17) is 4.74 Å². The zero-order valence-electron chi connectivity index (χ0n) is 11.4. The third-order valence-electron chi connectivity index (χ3n) is 3.40. The quantitative estimate of drug-likeness (QED) is 0.786. The Balaban J connectivity index is 2.07. The maximum absolute atomic E-state index is 6.04. The van der Waals surface area contributed by atoms with Crippen molar-refractivity contribution in [2.45, 2.75) is 43.0 Å². The summed E-state index contributed by atoms with van der Waals surface area (Å²) < 4.78 is 6.04. The Morgan fingerprint density at radius 2 is 1.94 bits per heavy atom. The van der Waals surface area contributed by atoms with E-state index >= 15 is 0 Å². The first-order valence-electron chi connectivity index (χ1n) is 6.33. The summed E-state index contributed by atoms with van der Waals surface area (Å²) in [5, 5.41) is 0.793. The Morgan fingerprint density at radius 1 is 1.28 bits per heavy atom. The molecule has 0 N–H and O–H groups in total. The van der Waals surface area contributed by atoms with Crippen LogP contribution in [0.3, 0.4) is 0 Å². The lowest BCUT2D eigenvalue weighted by Gasteiger charge is -2.41. The third-order valence-corrected chi connectivity index (χ3v) is 4.60. The molecule has 2 heterocycles. The number of nitrogens with zero attached hydrogens (tertiary/aromatic N) is 3. The molecule has 0 amide bonds. The van der Waals surface area contributed by atoms with Gasteiger partial charge in [-0.25, -0.2) is 9.97 Å². The lowest BCUT2D eigenvalue weighted by Crippen LogP contribution is -2.47. The maximum Gasteiger partial charge on any atom is 0.190 e. The zero-order chi connectivity index (χ0) is 13.1. The van der Waals surface area contributed by atoms with Gasteiger partial charge in [-0.2, -0.15) is 0 Å². The average molecular weight is 267 g/mol. The molecule has 100 valence electrons. The molecule has 0 aromatic carbocycles. The predicted molar refractivity (Wildman–Crippen MR) is 73.5 cm³/mol. The van der Waals surface area contributed by atoms with Crippen molar-refractivity contribution in [3.05, 3.63) is 18.5 Å². The van der Waals surface area contributed by atoms with Gasteiger partial charge in [-0.05, 0) is 33.5 Å². The average Bonchev–Trinajstić information content (AvgIpc) is 2.34. The Labute approximate surface area is 113 Å². The first kappa shape index (κ1) is 13.8. The van der Waals surface area contributed by atoms with Crippen molar-refractivity contribution in [3.63, 3.8) is 0 Å². The summed E-state index contributed by atoms with van der Waals surface area (Å²) in [6.45, 7) is 4.39. The Morgan fingerprint density at radius 3 is 2.56 bits per heavy atom. The van der Waals surface area contributed by atoms with Gasteiger partial charge >= 0.3 is 0 Å². The van der Waals surface area contributed by atoms with E-state index in [0.29, 0.717) is 12.0 Å². The van der Waals surface area contributed by atoms with Crippen LogP contribution in [0.4, 0.5) is 0 Å². The summed E-state index contributed by atoms with van der Waals surface area (Å²) in [6.07, 6.45) is 4.92. The molecule has 1 aromatic heterocycles. The van der Waals surface area contributed by atoms with Gasteiger partial charge in [0, 0.05) is 24.4 Å². The van der Waals surface area contributed by atoms with E-state index in [-0.39, 0.29) is 11.5 Å². The molecule has 0 saturated carbocycles. The molecule has 0 aliphatic carbocycles. The summed E-state index contributed by atoms with van der Waals surface area (Å²) >= 11 is 1.63. The van der Waals surface area contributed by atoms with Gasteiger partial charge in [0.1, 0.15) is 5.44 Å². The van der Waals surface area contributed by atoms with Crippen molar-refractivity contribution in [1.82, 2.24) is 14.9 Å². The normalized spacial score (nSPS) is 32.7. The standard InChI is InChI=1S/C13H21N3OS/c1-9-8-11(16(3)4)10(2)12(17-9)18-13-14-6-5-7-15-13/h5-7,9-12H,8H2,1-4H3. The van der Waals surface area contributed by atoms with E-state index < -0.39 is 0 Å². The second-order valence-electron chi connectivity index (χ2n) is 5.09. The summed E-state index contributed by atoms with van der Waals surface area (Å²) in [4.78, 5) is 10.8. The molecule has 0 bridgehead atoms. The van der Waals surface area contributed by atoms with Crippen LogP contribution < -0.4 is 0 Å². The molecule has 1 fully saturated rings. The number of rotatable bonds is 3. The second kappa shape index (κ2) is 5.99. The molecule has 18 heavy (non-hydrogen) atoms. The minimum atomic E-state index is 0.128. The Hall–Kier alpha value is -0.650. The number of hydrogen-bond acceptors (Lipinski definition) is 5. The highest BCUT2D eigenvalue weighted by Gasteiger charge is 2.36. The fourth-order valence-corrected chi connectivity index (χ4v) is 3.50. The number of aromatic nitrogens is 2. The van der Waals surface area contributed by atoms with Crippen LogP contribution in [0.25, 0.3) is 0 Å². The summed E-state index contributed by atoms with van der Waals surface area (Å²) in [6, 6.07) is 2.38. The molecule has 1 aromatic rings. The van der Waals surface area contributed by atoms with Crippen molar-refractivity contribution >= 4 is 11.8 Å². The van der Waals surface area contributed by atoms with E-state index in [1.165, 1.54) is 0 Å². The first-order chi connectivity index (χ1) is 8.58. The second-order valence-corrected chi connectivity index (χ2v) is 6.16. The highest BCUT2D eigenvalue weighted by Crippen LogP contribution is 2.36. The fourth-order valence-electron chi connectivity index (χ4n) is 2.41. The highest BCUT2D eigenvalue weighted by atomic mass is 32.2. The highest BCUT2D eigenvalue weighted by molar-refractivity contribution is 7.99. The van der Waals surface area contributed by atoms with E-state index in [2.05, 4.69) is 42.8 Å². The lowest BCUT2D eigenvalue weighted by molar-refractivity contribution is -0.0589. The third kappa shape index (κ3) is 3.22. The molecule has 1 saturated heterocycles. The largest absolute Gasteiger partial charge is 0.364 e. The van der Waals surface area contributed by atoms with Gasteiger partial charge < -0.3 is 9.64 Å². The van der Waals surface area contributed by atoms with Crippen LogP contribution in [0.5, 0.6) is 0 Å². The minimum absolute atomic E-state index is 0.128. The van der Waals surface area contributed by atoms with Gasteiger partial charge in [0.25, 0.3) is 0 Å². The molecule has 4 atom stereocenters. The van der Waals surface area contributed by atoms with Gasteiger partial charge in [-0.15, -0.1) is 0 Å². The summed E-state index contributed by atoms with van der Waals surface area (Å²) in [5.74, 6) is 0.463. The van der Waals surface area contributed by atoms with Gasteiger partial charge in [-0.3, -0.25) is 0 Å². The molecule has 4 unspecified atom stereocenters. The van der Waals surface area contributed by atoms with E-state index in [9.17, 15) is 0 Å². The van der Waals surface area contributed by atoms with E-state index in [1.54, 1.807) is 24.2 Å². The summed E-state index contributed by atoms with van der Waals surface area (Å²) in [5.41, 5.74) is 0.128. The Kier molecular flexibility index (Phi) is 4.59. The first-order valence-corrected chi connectivity index (χ1v) is 7.21. The van der Waals surface area contributed by atoms with Gasteiger partial charge in [-0.1, -0.05) is 18.7 Å². The Bertz CT molecular complexity index is 374. The number of ether oxygens (including phenoxy) is 1. The van der Waals surface area contributed by atoms with Crippen LogP contribution in [0.1, 0.15) is 20.3 Å². The predicted octanol–water partition coefficient (Wildman–Crippen LogP) is 2.27. The van der Waals surface area contributed by atoms with Crippen molar-refractivity contribution < 1.29 is 4.74 Å². The number of thioether (sulfide) groups is 1. The summed E-state index contributed by atoms with van der Waals surface area (Å²) in [7, 11) is 4.28. The van der Waals surface area contributed by atoms with Crippen molar-refractivity contribution in [1.29, 1.82) is 0 Å². The van der Waals surface area contributed by atoms with Crippen molar-refractivity contribution in [3.8, 4) is 0 Å². The van der Waals surface area contributed by atoms with E-state index in [0.717, 1.165) is 11.6 Å². The molecule has 0 radical (unpaired) electrons. The van der Waals surface area contributed by atoms with Crippen LogP contribution in [0.15, 0.2) is 23.6 Å². The monoisotopic (exact) mass is 267 g/mol. The lowest BCUT2D eigenvalue weighted by atomic mass is 9.93. The van der Waals surface area contributed by atoms with Crippen molar-refractivity contribution in [2.75, 3.05) is 14.1 Å². The van der Waals surface area contributed by atoms with E-state index in [1.807, 2.05) is 6.07 Å². The van der Waals surface area contributed by atoms with Gasteiger partial charge in [0.05, 0.1) is 6.10 Å². The molecule has 1 aliphatic rings. The van der Waals surface area contributed by atoms with Crippen LogP contribution in [0, 0.1) is 5.92 Å². The van der Waals surface area contributed by atoms with Gasteiger partial charge in [0.2, 0.25) is 0 Å². The molecule has 5 heteroatoms. The van der Waals surface area contributed by atoms with Gasteiger partial charge in [0.15, 0.2) is 5.16 Å². The molecule has 0 spiro atoms. The molecular weight excluding hydrogens is 246 g/mol. The SMILES string of the molecule is CC1CC(N(C)C)C(C)C(Sc2ncccn2)O1. The molecule has 1 aliphatic heterocycles. The zero-order valence-corrected chi connectivity index (χ0v) is 12.2. The van der Waals surface area contributed by atoms with Crippen LogP contribution in [-0.4, -0.2) is 46.5 Å². The fraction of sp³-hybridized carbons (Fsp3) is 0.692. The molecule has 4 nitrogen and oxygen atoms in total. The maximum atomic E-state index is 6.04. The van der Waals surface area contributed by atoms with Crippen LogP contribution >= 0.6 is 11.8 Å². The van der Waals surface area contributed by atoms with Crippen LogP contribution in [0.2, 0.25) is 0 Å². The van der Waals surface area contributed by atoms with Crippen molar-refractivity contribution in [2.24, 2.45) is 5.92 Å². The topological polar surface area (TPSA) is 38.2 Å². The minimum Gasteiger partial charge on any atom is -0.364 e.